The normalized spacial score (nSPS) is 11.2. The fourth-order valence-electron chi connectivity index (χ4n) is 1.25. The molecule has 0 aliphatic rings. The molecule has 0 heterocycles. The fourth-order valence-corrected chi connectivity index (χ4v) is 1.25. The second-order valence-corrected chi connectivity index (χ2v) is 3.53. The highest BCUT2D eigenvalue weighted by Gasteiger charge is 2.25. The summed E-state index contributed by atoms with van der Waals surface area (Å²) >= 11 is 0. The number of halogens is 3. The van der Waals surface area contributed by atoms with Crippen LogP contribution in [0.25, 0.3) is 0 Å². The lowest BCUT2D eigenvalue weighted by atomic mass is 10.2. The fraction of sp³-hybridized carbons (Fsp3) is 0.364. The van der Waals surface area contributed by atoms with Gasteiger partial charge in [-0.1, -0.05) is 0 Å². The minimum atomic E-state index is -4.13. The second kappa shape index (κ2) is 5.56. The monoisotopic (exact) mass is 247 g/mol. The molecule has 0 saturated carbocycles. The molecule has 1 aromatic rings. The van der Waals surface area contributed by atoms with E-state index in [1.807, 2.05) is 0 Å². The van der Waals surface area contributed by atoms with Gasteiger partial charge in [0.2, 0.25) is 0 Å². The Morgan fingerprint density at radius 3 is 2.29 bits per heavy atom. The highest BCUT2D eigenvalue weighted by atomic mass is 19.4. The van der Waals surface area contributed by atoms with E-state index in [2.05, 4.69) is 5.32 Å². The van der Waals surface area contributed by atoms with Gasteiger partial charge in [0.1, 0.15) is 0 Å². The molecule has 0 bridgehead atoms. The molecule has 0 spiro atoms. The zero-order chi connectivity index (χ0) is 12.9. The van der Waals surface area contributed by atoms with Crippen LogP contribution >= 0.6 is 0 Å². The van der Waals surface area contributed by atoms with Crippen molar-refractivity contribution in [1.82, 2.24) is 0 Å². The van der Waals surface area contributed by atoms with Crippen molar-refractivity contribution in [1.29, 1.82) is 0 Å². The minimum Gasteiger partial charge on any atom is -0.478 e. The first-order chi connectivity index (χ1) is 7.88. The molecule has 0 atom stereocenters. The van der Waals surface area contributed by atoms with E-state index in [-0.39, 0.29) is 18.5 Å². The summed E-state index contributed by atoms with van der Waals surface area (Å²) in [6.45, 7) is 0.200. The van der Waals surface area contributed by atoms with E-state index in [0.717, 1.165) is 0 Å². The summed E-state index contributed by atoms with van der Waals surface area (Å²) in [4.78, 5) is 10.5. The lowest BCUT2D eigenvalue weighted by Crippen LogP contribution is -2.11. The third kappa shape index (κ3) is 5.24. The number of hydrogen-bond acceptors (Lipinski definition) is 2. The summed E-state index contributed by atoms with van der Waals surface area (Å²) < 4.78 is 35.5. The van der Waals surface area contributed by atoms with Gasteiger partial charge in [0.25, 0.3) is 0 Å². The van der Waals surface area contributed by atoms with Crippen molar-refractivity contribution in [2.24, 2.45) is 0 Å². The Balaban J connectivity index is 2.35. The molecule has 2 N–H and O–H groups in total. The van der Waals surface area contributed by atoms with Crippen LogP contribution in [0.1, 0.15) is 23.2 Å². The van der Waals surface area contributed by atoms with Crippen molar-refractivity contribution in [3.8, 4) is 0 Å². The molecule has 0 amide bonds. The molecule has 17 heavy (non-hydrogen) atoms. The standard InChI is InChI=1S/C11H12F3NO2/c12-11(13,14)6-1-7-15-9-4-2-8(3-5-9)10(16)17/h2-5,15H,1,6-7H2,(H,16,17). The van der Waals surface area contributed by atoms with Gasteiger partial charge in [-0.15, -0.1) is 0 Å². The lowest BCUT2D eigenvalue weighted by Gasteiger charge is -2.08. The summed E-state index contributed by atoms with van der Waals surface area (Å²) in [5, 5.41) is 11.4. The second-order valence-electron chi connectivity index (χ2n) is 3.53. The van der Waals surface area contributed by atoms with Crippen LogP contribution in [-0.2, 0) is 0 Å². The van der Waals surface area contributed by atoms with Crippen molar-refractivity contribution >= 4 is 11.7 Å². The topological polar surface area (TPSA) is 49.3 Å². The van der Waals surface area contributed by atoms with Crippen molar-refractivity contribution < 1.29 is 23.1 Å². The van der Waals surface area contributed by atoms with Gasteiger partial charge >= 0.3 is 12.1 Å². The van der Waals surface area contributed by atoms with Gasteiger partial charge in [0.05, 0.1) is 5.56 Å². The summed E-state index contributed by atoms with van der Waals surface area (Å²) in [7, 11) is 0. The van der Waals surface area contributed by atoms with Crippen LogP contribution in [0.3, 0.4) is 0 Å². The number of nitrogens with one attached hydrogen (secondary N) is 1. The zero-order valence-electron chi connectivity index (χ0n) is 8.92. The highest BCUT2D eigenvalue weighted by Crippen LogP contribution is 2.21. The average molecular weight is 247 g/mol. The Morgan fingerprint density at radius 2 is 1.82 bits per heavy atom. The molecule has 0 aliphatic carbocycles. The van der Waals surface area contributed by atoms with Crippen LogP contribution in [0, 0.1) is 0 Å². The number of aromatic carboxylic acids is 1. The molecule has 94 valence electrons. The Bertz CT molecular complexity index is 373. The van der Waals surface area contributed by atoms with Gasteiger partial charge in [0, 0.05) is 18.7 Å². The largest absolute Gasteiger partial charge is 0.478 e. The molecule has 0 unspecified atom stereocenters. The van der Waals surface area contributed by atoms with E-state index >= 15 is 0 Å². The minimum absolute atomic E-state index is 0.00974. The van der Waals surface area contributed by atoms with E-state index in [0.29, 0.717) is 5.69 Å². The number of benzene rings is 1. The highest BCUT2D eigenvalue weighted by molar-refractivity contribution is 5.87. The molecule has 0 aromatic heterocycles. The van der Waals surface area contributed by atoms with Crippen molar-refractivity contribution in [2.75, 3.05) is 11.9 Å². The third-order valence-electron chi connectivity index (χ3n) is 2.10. The van der Waals surface area contributed by atoms with Crippen molar-refractivity contribution in [2.45, 2.75) is 19.0 Å². The molecule has 1 aromatic carbocycles. The Hall–Kier alpha value is -1.72. The Labute approximate surface area is 96.3 Å². The van der Waals surface area contributed by atoms with Crippen LogP contribution < -0.4 is 5.32 Å². The molecule has 0 fully saturated rings. The number of carboxylic acid groups (broad SMARTS) is 1. The van der Waals surface area contributed by atoms with E-state index in [1.54, 1.807) is 0 Å². The van der Waals surface area contributed by atoms with Crippen LogP contribution in [0.5, 0.6) is 0 Å². The van der Waals surface area contributed by atoms with Crippen LogP contribution in [0.4, 0.5) is 18.9 Å². The average Bonchev–Trinajstić information content (AvgIpc) is 2.24. The molecule has 6 heteroatoms. The van der Waals surface area contributed by atoms with Gasteiger partial charge in [0.15, 0.2) is 0 Å². The number of rotatable bonds is 5. The predicted molar refractivity (Wildman–Crippen MR) is 57.2 cm³/mol. The molecule has 0 radical (unpaired) electrons. The van der Waals surface area contributed by atoms with Crippen molar-refractivity contribution in [3.63, 3.8) is 0 Å². The Morgan fingerprint density at radius 1 is 1.24 bits per heavy atom. The maximum Gasteiger partial charge on any atom is 0.389 e. The quantitative estimate of drug-likeness (QED) is 0.786. The van der Waals surface area contributed by atoms with Crippen LogP contribution in [0.15, 0.2) is 24.3 Å². The zero-order valence-corrected chi connectivity index (χ0v) is 8.92. The molecule has 3 nitrogen and oxygen atoms in total. The predicted octanol–water partition coefficient (Wildman–Crippen LogP) is 3.14. The summed E-state index contributed by atoms with van der Waals surface area (Å²) in [5.41, 5.74) is 0.753. The third-order valence-corrected chi connectivity index (χ3v) is 2.10. The van der Waals surface area contributed by atoms with Gasteiger partial charge in [-0.05, 0) is 30.7 Å². The maximum absolute atomic E-state index is 11.8. The number of alkyl halides is 3. The first-order valence-electron chi connectivity index (χ1n) is 5.02. The molecular weight excluding hydrogens is 235 g/mol. The number of carboxylic acids is 1. The molecular formula is C11H12F3NO2. The van der Waals surface area contributed by atoms with Gasteiger partial charge < -0.3 is 10.4 Å². The van der Waals surface area contributed by atoms with Crippen LogP contribution in [0.2, 0.25) is 0 Å². The first-order valence-corrected chi connectivity index (χ1v) is 5.02. The molecule has 1 rings (SSSR count). The summed E-state index contributed by atoms with van der Waals surface area (Å²) in [6.07, 6.45) is -4.97. The summed E-state index contributed by atoms with van der Waals surface area (Å²) in [6, 6.07) is 5.84. The van der Waals surface area contributed by atoms with Gasteiger partial charge in [-0.25, -0.2) is 4.79 Å². The van der Waals surface area contributed by atoms with E-state index in [1.165, 1.54) is 24.3 Å². The molecule has 0 aliphatic heterocycles. The van der Waals surface area contributed by atoms with Gasteiger partial charge in [-0.3, -0.25) is 0 Å². The van der Waals surface area contributed by atoms with Crippen molar-refractivity contribution in [3.05, 3.63) is 29.8 Å². The molecule has 0 saturated heterocycles. The van der Waals surface area contributed by atoms with E-state index in [4.69, 9.17) is 5.11 Å². The SMILES string of the molecule is O=C(O)c1ccc(NCCCC(F)(F)F)cc1. The van der Waals surface area contributed by atoms with E-state index in [9.17, 15) is 18.0 Å². The number of carbonyl (C=O) groups is 1. The van der Waals surface area contributed by atoms with E-state index < -0.39 is 18.6 Å². The summed E-state index contributed by atoms with van der Waals surface area (Å²) in [5.74, 6) is -1.03. The van der Waals surface area contributed by atoms with Crippen LogP contribution in [-0.4, -0.2) is 23.8 Å². The maximum atomic E-state index is 11.8. The first kappa shape index (κ1) is 13.3. The number of anilines is 1. The Kier molecular flexibility index (Phi) is 4.37. The smallest absolute Gasteiger partial charge is 0.389 e. The number of hydrogen-bond donors (Lipinski definition) is 2. The van der Waals surface area contributed by atoms with Gasteiger partial charge in [-0.2, -0.15) is 13.2 Å². The lowest BCUT2D eigenvalue weighted by molar-refractivity contribution is -0.134.